The van der Waals surface area contributed by atoms with Crippen LogP contribution in [0.25, 0.3) is 10.2 Å². The molecule has 1 N–H and O–H groups in total. The standard InChI is InChI=1S/C16H13BrN2O3S/c17-9-3-4-10-11(6-9)23-16(18-10)19-14(20)12-7-1-2-8(5-7)13(12)15(21)22/h1-4,6-8,12-13H,5H2,(H,21,22)(H,18,19,20)/p-1/t7-,8-,12-,13-/m0/s1. The van der Waals surface area contributed by atoms with Crippen molar-refractivity contribution in [1.82, 2.24) is 4.98 Å². The number of halogens is 1. The van der Waals surface area contributed by atoms with E-state index in [9.17, 15) is 14.7 Å². The Balaban J connectivity index is 1.59. The number of carboxylic acid groups (broad SMARTS) is 1. The number of rotatable bonds is 3. The molecule has 0 aliphatic heterocycles. The second-order valence-electron chi connectivity index (χ2n) is 5.94. The van der Waals surface area contributed by atoms with Crippen molar-refractivity contribution < 1.29 is 14.7 Å². The van der Waals surface area contributed by atoms with Gasteiger partial charge in [-0.25, -0.2) is 4.98 Å². The summed E-state index contributed by atoms with van der Waals surface area (Å²) in [4.78, 5) is 28.4. The summed E-state index contributed by atoms with van der Waals surface area (Å²) in [5.41, 5.74) is 0.804. The number of nitrogens with one attached hydrogen (secondary N) is 1. The van der Waals surface area contributed by atoms with Crippen molar-refractivity contribution in [2.24, 2.45) is 23.7 Å². The zero-order chi connectivity index (χ0) is 16.1. The molecule has 0 saturated heterocycles. The largest absolute Gasteiger partial charge is 0.550 e. The number of anilines is 1. The minimum Gasteiger partial charge on any atom is -0.550 e. The number of amides is 1. The highest BCUT2D eigenvalue weighted by molar-refractivity contribution is 9.10. The zero-order valence-electron chi connectivity index (χ0n) is 11.9. The Morgan fingerprint density at radius 1 is 1.26 bits per heavy atom. The summed E-state index contributed by atoms with van der Waals surface area (Å²) in [6, 6.07) is 5.70. The molecule has 2 bridgehead atoms. The number of aliphatic carboxylic acids is 1. The van der Waals surface area contributed by atoms with E-state index in [1.54, 1.807) is 0 Å². The molecule has 2 aliphatic rings. The number of aromatic nitrogens is 1. The highest BCUT2D eigenvalue weighted by Crippen LogP contribution is 2.48. The predicted molar refractivity (Wildman–Crippen MR) is 88.7 cm³/mol. The lowest BCUT2D eigenvalue weighted by molar-refractivity contribution is -0.313. The maximum Gasteiger partial charge on any atom is 0.230 e. The average Bonchev–Trinajstić information content (AvgIpc) is 3.18. The summed E-state index contributed by atoms with van der Waals surface area (Å²) in [5.74, 6) is -2.86. The molecule has 23 heavy (non-hydrogen) atoms. The van der Waals surface area contributed by atoms with Crippen LogP contribution in [0.2, 0.25) is 0 Å². The van der Waals surface area contributed by atoms with Crippen LogP contribution in [0.5, 0.6) is 0 Å². The number of nitrogens with zero attached hydrogens (tertiary/aromatic N) is 1. The lowest BCUT2D eigenvalue weighted by Gasteiger charge is -2.27. The summed E-state index contributed by atoms with van der Waals surface area (Å²) >= 11 is 4.78. The van der Waals surface area contributed by atoms with Crippen LogP contribution >= 0.6 is 27.3 Å². The van der Waals surface area contributed by atoms with Crippen molar-refractivity contribution in [2.75, 3.05) is 5.32 Å². The van der Waals surface area contributed by atoms with Crippen molar-refractivity contribution in [3.63, 3.8) is 0 Å². The van der Waals surface area contributed by atoms with E-state index in [-0.39, 0.29) is 17.7 Å². The Morgan fingerprint density at radius 3 is 2.74 bits per heavy atom. The Morgan fingerprint density at radius 2 is 2.00 bits per heavy atom. The van der Waals surface area contributed by atoms with E-state index in [4.69, 9.17) is 0 Å². The fourth-order valence-electron chi connectivity index (χ4n) is 3.64. The normalized spacial score (nSPS) is 28.4. The van der Waals surface area contributed by atoms with Crippen molar-refractivity contribution >= 4 is 54.5 Å². The SMILES string of the molecule is O=C([O-])[C@@H]1[C@@H](C(=O)Nc2nc3ccc(Br)cc3s2)[C@H]2C=C[C@H]1C2. The maximum atomic E-state index is 12.6. The van der Waals surface area contributed by atoms with Crippen LogP contribution in [0.3, 0.4) is 0 Å². The fraction of sp³-hybridized carbons (Fsp3) is 0.312. The van der Waals surface area contributed by atoms with E-state index in [0.717, 1.165) is 14.7 Å². The van der Waals surface area contributed by atoms with Gasteiger partial charge in [0.2, 0.25) is 5.91 Å². The molecule has 0 unspecified atom stereocenters. The van der Waals surface area contributed by atoms with Gasteiger partial charge in [0.1, 0.15) is 0 Å². The Bertz CT molecular complexity index is 847. The summed E-state index contributed by atoms with van der Waals surface area (Å²) < 4.78 is 1.90. The number of carbonyl (C=O) groups is 2. The van der Waals surface area contributed by atoms with Gasteiger partial charge >= 0.3 is 0 Å². The minimum absolute atomic E-state index is 0.0218. The van der Waals surface area contributed by atoms with Gasteiger partial charge in [-0.3, -0.25) is 4.79 Å². The molecule has 1 fully saturated rings. The molecular formula is C16H12BrN2O3S-. The van der Waals surface area contributed by atoms with Gasteiger partial charge in [0.05, 0.1) is 16.1 Å². The minimum atomic E-state index is -1.14. The smallest absolute Gasteiger partial charge is 0.230 e. The summed E-state index contributed by atoms with van der Waals surface area (Å²) in [7, 11) is 0. The molecule has 0 radical (unpaired) electrons. The number of hydrogen-bond acceptors (Lipinski definition) is 5. The molecular weight excluding hydrogens is 380 g/mol. The monoisotopic (exact) mass is 391 g/mol. The van der Waals surface area contributed by atoms with Crippen LogP contribution < -0.4 is 10.4 Å². The Labute approximate surface area is 144 Å². The number of carbonyl (C=O) groups excluding carboxylic acids is 2. The van der Waals surface area contributed by atoms with Crippen molar-refractivity contribution in [1.29, 1.82) is 0 Å². The third kappa shape index (κ3) is 2.48. The molecule has 2 aliphatic carbocycles. The quantitative estimate of drug-likeness (QED) is 0.812. The summed E-state index contributed by atoms with van der Waals surface area (Å²) in [6.45, 7) is 0. The third-order valence-electron chi connectivity index (χ3n) is 4.61. The van der Waals surface area contributed by atoms with Gasteiger partial charge in [-0.1, -0.05) is 39.4 Å². The van der Waals surface area contributed by atoms with Crippen LogP contribution in [0.4, 0.5) is 5.13 Å². The predicted octanol–water partition coefficient (Wildman–Crippen LogP) is 2.19. The topological polar surface area (TPSA) is 82.1 Å². The lowest BCUT2D eigenvalue weighted by atomic mass is 9.82. The molecule has 4 rings (SSSR count). The van der Waals surface area contributed by atoms with Crippen LogP contribution in [-0.4, -0.2) is 16.9 Å². The number of fused-ring (bicyclic) bond motifs is 3. The van der Waals surface area contributed by atoms with Crippen LogP contribution in [0.1, 0.15) is 6.42 Å². The second-order valence-corrected chi connectivity index (χ2v) is 7.89. The van der Waals surface area contributed by atoms with E-state index in [1.165, 1.54) is 11.3 Å². The van der Waals surface area contributed by atoms with Gasteiger partial charge in [0.15, 0.2) is 5.13 Å². The first-order chi connectivity index (χ1) is 11.0. The molecule has 1 amide bonds. The number of allylic oxidation sites excluding steroid dienone is 2. The molecule has 1 saturated carbocycles. The number of benzene rings is 1. The van der Waals surface area contributed by atoms with Crippen LogP contribution in [-0.2, 0) is 9.59 Å². The summed E-state index contributed by atoms with van der Waals surface area (Å²) in [5, 5.41) is 14.7. The fourth-order valence-corrected chi connectivity index (χ4v) is 5.06. The first kappa shape index (κ1) is 14.8. The van der Waals surface area contributed by atoms with Crippen molar-refractivity contribution in [3.8, 4) is 0 Å². The lowest BCUT2D eigenvalue weighted by Crippen LogP contribution is -2.42. The molecule has 5 nitrogen and oxygen atoms in total. The first-order valence-electron chi connectivity index (χ1n) is 7.29. The highest BCUT2D eigenvalue weighted by atomic mass is 79.9. The second kappa shape index (κ2) is 5.42. The van der Waals surface area contributed by atoms with Crippen LogP contribution in [0, 0.1) is 23.7 Å². The Kier molecular flexibility index (Phi) is 3.50. The average molecular weight is 392 g/mol. The number of hydrogen-bond donors (Lipinski definition) is 1. The molecule has 1 aromatic carbocycles. The van der Waals surface area contributed by atoms with Gasteiger partial charge in [0.25, 0.3) is 0 Å². The van der Waals surface area contributed by atoms with E-state index in [2.05, 4.69) is 26.2 Å². The molecule has 0 spiro atoms. The Hall–Kier alpha value is -1.73. The van der Waals surface area contributed by atoms with Crippen molar-refractivity contribution in [2.45, 2.75) is 6.42 Å². The third-order valence-corrected chi connectivity index (χ3v) is 6.04. The zero-order valence-corrected chi connectivity index (χ0v) is 14.3. The van der Waals surface area contributed by atoms with E-state index < -0.39 is 17.8 Å². The summed E-state index contributed by atoms with van der Waals surface area (Å²) in [6.07, 6.45) is 4.55. The highest BCUT2D eigenvalue weighted by Gasteiger charge is 2.48. The van der Waals surface area contributed by atoms with Gasteiger partial charge in [0, 0.05) is 16.4 Å². The molecule has 2 aromatic rings. The van der Waals surface area contributed by atoms with Gasteiger partial charge in [-0.2, -0.15) is 0 Å². The molecule has 118 valence electrons. The van der Waals surface area contributed by atoms with E-state index >= 15 is 0 Å². The van der Waals surface area contributed by atoms with Gasteiger partial charge < -0.3 is 15.2 Å². The molecule has 4 atom stereocenters. The molecule has 7 heteroatoms. The number of carboxylic acids is 1. The van der Waals surface area contributed by atoms with E-state index in [0.29, 0.717) is 11.6 Å². The number of thiazole rings is 1. The first-order valence-corrected chi connectivity index (χ1v) is 8.90. The van der Waals surface area contributed by atoms with Crippen molar-refractivity contribution in [3.05, 3.63) is 34.8 Å². The van der Waals surface area contributed by atoms with Crippen LogP contribution in [0.15, 0.2) is 34.8 Å². The van der Waals surface area contributed by atoms with E-state index in [1.807, 2.05) is 30.4 Å². The van der Waals surface area contributed by atoms with Gasteiger partial charge in [-0.15, -0.1) is 0 Å². The molecule has 1 aromatic heterocycles. The molecule has 1 heterocycles. The maximum absolute atomic E-state index is 12.6. The van der Waals surface area contributed by atoms with Gasteiger partial charge in [-0.05, 0) is 36.5 Å².